The van der Waals surface area contributed by atoms with Crippen LogP contribution in [0.1, 0.15) is 50.9 Å². The van der Waals surface area contributed by atoms with Crippen LogP contribution < -0.4 is 10.6 Å². The molecule has 0 aromatic carbocycles. The summed E-state index contributed by atoms with van der Waals surface area (Å²) >= 11 is 0. The van der Waals surface area contributed by atoms with E-state index in [-0.39, 0.29) is 11.6 Å². The molecule has 122 valence electrons. The molecular weight excluding hydrogens is 283 g/mol. The van der Waals surface area contributed by atoms with Gasteiger partial charge >= 0.3 is 0 Å². The van der Waals surface area contributed by atoms with Crippen molar-refractivity contribution in [3.8, 4) is 0 Å². The first-order chi connectivity index (χ1) is 10.5. The number of hydrogen-bond acceptors (Lipinski definition) is 4. The molecule has 0 spiro atoms. The topological polar surface area (TPSA) is 52.2 Å². The van der Waals surface area contributed by atoms with Crippen molar-refractivity contribution in [2.45, 2.75) is 64.7 Å². The van der Waals surface area contributed by atoms with Gasteiger partial charge in [0.1, 0.15) is 12.0 Å². The van der Waals surface area contributed by atoms with Gasteiger partial charge in [-0.25, -0.2) is 14.4 Å². The zero-order valence-electron chi connectivity index (χ0n) is 13.6. The van der Waals surface area contributed by atoms with Gasteiger partial charge in [-0.15, -0.1) is 0 Å². The molecule has 6 heteroatoms. The highest BCUT2D eigenvalue weighted by molar-refractivity contribution is 5.50. The molecule has 0 radical (unpaired) electrons. The lowest BCUT2D eigenvalue weighted by atomic mass is 9.93. The fourth-order valence-electron chi connectivity index (χ4n) is 3.54. The highest BCUT2D eigenvalue weighted by atomic mass is 19.1. The molecule has 0 saturated heterocycles. The molecule has 22 heavy (non-hydrogen) atoms. The summed E-state index contributed by atoms with van der Waals surface area (Å²) in [4.78, 5) is 20.0. The van der Waals surface area contributed by atoms with Gasteiger partial charge in [0.25, 0.3) is 5.56 Å². The number of nitrogens with one attached hydrogen (secondary N) is 1. The molecule has 1 aliphatic carbocycles. The van der Waals surface area contributed by atoms with Crippen LogP contribution in [0.15, 0.2) is 4.79 Å². The molecule has 3 rings (SSSR count). The van der Waals surface area contributed by atoms with Crippen LogP contribution in [-0.4, -0.2) is 34.2 Å². The van der Waals surface area contributed by atoms with Crippen LogP contribution in [-0.2, 0) is 13.0 Å². The van der Waals surface area contributed by atoms with Crippen LogP contribution >= 0.6 is 0 Å². The quantitative estimate of drug-likeness (QED) is 0.932. The Kier molecular flexibility index (Phi) is 4.21. The summed E-state index contributed by atoms with van der Waals surface area (Å²) in [6.45, 7) is 4.80. The molecule has 1 aromatic heterocycles. The predicted molar refractivity (Wildman–Crippen MR) is 84.5 cm³/mol. The molecule has 1 aliphatic heterocycles. The first kappa shape index (κ1) is 15.5. The molecule has 2 aliphatic rings. The summed E-state index contributed by atoms with van der Waals surface area (Å²) in [5, 5.41) is 4.18. The Bertz CT molecular complexity index is 592. The first-order valence-corrected chi connectivity index (χ1v) is 8.22. The average Bonchev–Trinajstić information content (AvgIpc) is 2.76. The molecule has 1 aromatic rings. The van der Waals surface area contributed by atoms with Gasteiger partial charge in [0.2, 0.25) is 0 Å². The monoisotopic (exact) mass is 308 g/mol. The maximum Gasteiger partial charge on any atom is 0.257 e. The molecule has 0 atom stereocenters. The molecular formula is C16H25FN4O. The predicted octanol–water partition coefficient (Wildman–Crippen LogP) is 2.42. The molecule has 2 heterocycles. The lowest BCUT2D eigenvalue weighted by molar-refractivity contribution is 0.193. The van der Waals surface area contributed by atoms with E-state index in [2.05, 4.69) is 28.8 Å². The van der Waals surface area contributed by atoms with E-state index in [1.54, 1.807) is 0 Å². The molecule has 1 N–H and O–H groups in total. The van der Waals surface area contributed by atoms with Crippen molar-refractivity contribution in [3.05, 3.63) is 21.7 Å². The van der Waals surface area contributed by atoms with E-state index >= 15 is 0 Å². The largest absolute Gasteiger partial charge is 0.310 e. The highest BCUT2D eigenvalue weighted by Crippen LogP contribution is 2.34. The fraction of sp³-hybridized carbons (Fsp3) is 0.750. The number of hydrogen-bond donors (Lipinski definition) is 1. The minimum absolute atomic E-state index is 0.0332. The van der Waals surface area contributed by atoms with Crippen molar-refractivity contribution in [3.63, 3.8) is 0 Å². The van der Waals surface area contributed by atoms with Gasteiger partial charge in [0.05, 0.1) is 12.1 Å². The first-order valence-electron chi connectivity index (χ1n) is 8.22. The second-order valence-corrected chi connectivity index (χ2v) is 6.98. The Morgan fingerprint density at radius 3 is 2.64 bits per heavy atom. The molecule has 0 unspecified atom stereocenters. The zero-order chi connectivity index (χ0) is 15.9. The number of hydrazine groups is 1. The third kappa shape index (κ3) is 2.89. The van der Waals surface area contributed by atoms with Crippen molar-refractivity contribution in [2.24, 2.45) is 5.92 Å². The summed E-state index contributed by atoms with van der Waals surface area (Å²) in [5.74, 6) is 1.97. The SMILES string of the molecule is CC(C)Cc1nc2c(c(=O)[nH]1)CN(C)N2C1CCC(F)CC1. The number of anilines is 1. The molecule has 5 nitrogen and oxygen atoms in total. The maximum atomic E-state index is 13.4. The van der Waals surface area contributed by atoms with Crippen LogP contribution in [0.4, 0.5) is 10.2 Å². The number of fused-ring (bicyclic) bond motifs is 1. The summed E-state index contributed by atoms with van der Waals surface area (Å²) in [6, 6.07) is 0.249. The highest BCUT2D eigenvalue weighted by Gasteiger charge is 2.36. The van der Waals surface area contributed by atoms with Crippen molar-refractivity contribution >= 4 is 5.82 Å². The Balaban J connectivity index is 1.92. The lowest BCUT2D eigenvalue weighted by Gasteiger charge is -2.37. The number of rotatable bonds is 3. The summed E-state index contributed by atoms with van der Waals surface area (Å²) in [5.41, 5.74) is 0.701. The molecule has 0 amide bonds. The Labute approximate surface area is 130 Å². The maximum absolute atomic E-state index is 13.4. The normalized spacial score (nSPS) is 25.8. The van der Waals surface area contributed by atoms with E-state index in [4.69, 9.17) is 4.98 Å². The fourth-order valence-corrected chi connectivity index (χ4v) is 3.54. The van der Waals surface area contributed by atoms with E-state index in [9.17, 15) is 9.18 Å². The van der Waals surface area contributed by atoms with Gasteiger partial charge in [-0.3, -0.25) is 9.80 Å². The van der Waals surface area contributed by atoms with Crippen LogP contribution in [0, 0.1) is 5.92 Å². The van der Waals surface area contributed by atoms with Crippen LogP contribution in [0.3, 0.4) is 0 Å². The summed E-state index contributed by atoms with van der Waals surface area (Å²) < 4.78 is 13.4. The number of aromatic amines is 1. The number of aromatic nitrogens is 2. The third-order valence-corrected chi connectivity index (χ3v) is 4.59. The lowest BCUT2D eigenvalue weighted by Crippen LogP contribution is -2.45. The van der Waals surface area contributed by atoms with Crippen molar-refractivity contribution in [2.75, 3.05) is 12.1 Å². The van der Waals surface area contributed by atoms with Crippen molar-refractivity contribution in [1.29, 1.82) is 0 Å². The van der Waals surface area contributed by atoms with E-state index in [0.29, 0.717) is 25.3 Å². The Morgan fingerprint density at radius 2 is 2.00 bits per heavy atom. The number of alkyl halides is 1. The Morgan fingerprint density at radius 1 is 1.32 bits per heavy atom. The van der Waals surface area contributed by atoms with Gasteiger partial charge in [-0.1, -0.05) is 13.8 Å². The third-order valence-electron chi connectivity index (χ3n) is 4.59. The summed E-state index contributed by atoms with van der Waals surface area (Å²) in [6.07, 6.45) is 2.93. The van der Waals surface area contributed by atoms with E-state index in [0.717, 1.165) is 36.5 Å². The second kappa shape index (κ2) is 5.99. The number of halogens is 1. The van der Waals surface area contributed by atoms with Gasteiger partial charge < -0.3 is 4.98 Å². The van der Waals surface area contributed by atoms with Crippen molar-refractivity contribution < 1.29 is 4.39 Å². The smallest absolute Gasteiger partial charge is 0.257 e. The average molecular weight is 308 g/mol. The second-order valence-electron chi connectivity index (χ2n) is 6.98. The number of nitrogens with zero attached hydrogens (tertiary/aromatic N) is 3. The van der Waals surface area contributed by atoms with Gasteiger partial charge in [0, 0.05) is 19.5 Å². The number of H-pyrrole nitrogens is 1. The van der Waals surface area contributed by atoms with Gasteiger partial charge in [0.15, 0.2) is 5.82 Å². The van der Waals surface area contributed by atoms with E-state index < -0.39 is 6.17 Å². The summed E-state index contributed by atoms with van der Waals surface area (Å²) in [7, 11) is 1.98. The van der Waals surface area contributed by atoms with Gasteiger partial charge in [-0.05, 0) is 31.6 Å². The minimum Gasteiger partial charge on any atom is -0.310 e. The minimum atomic E-state index is -0.674. The van der Waals surface area contributed by atoms with Crippen LogP contribution in [0.25, 0.3) is 0 Å². The van der Waals surface area contributed by atoms with Crippen LogP contribution in [0.2, 0.25) is 0 Å². The zero-order valence-corrected chi connectivity index (χ0v) is 13.6. The molecule has 1 fully saturated rings. The molecule has 0 bridgehead atoms. The van der Waals surface area contributed by atoms with Crippen molar-refractivity contribution in [1.82, 2.24) is 15.0 Å². The van der Waals surface area contributed by atoms with E-state index in [1.165, 1.54) is 0 Å². The standard InChI is InChI=1S/C16H25FN4O/c1-10(2)8-14-18-15-13(16(22)19-14)9-20(3)21(15)12-6-4-11(17)5-7-12/h10-12H,4-9H2,1-3H3,(H,18,19,22). The Hall–Kier alpha value is -1.43. The van der Waals surface area contributed by atoms with E-state index in [1.807, 2.05) is 7.05 Å². The van der Waals surface area contributed by atoms with Crippen LogP contribution in [0.5, 0.6) is 0 Å². The van der Waals surface area contributed by atoms with Gasteiger partial charge in [-0.2, -0.15) is 0 Å². The molecule has 1 saturated carbocycles.